The number of pyridine rings is 1. The molecule has 0 radical (unpaired) electrons. The molecule has 0 aromatic carbocycles. The van der Waals surface area contributed by atoms with Gasteiger partial charge in [-0.05, 0) is 18.4 Å². The van der Waals surface area contributed by atoms with Crippen molar-refractivity contribution in [3.05, 3.63) is 27.6 Å². The Hall–Kier alpha value is -0.900. The fourth-order valence-electron chi connectivity index (χ4n) is 1.94. The van der Waals surface area contributed by atoms with Gasteiger partial charge in [-0.1, -0.05) is 11.6 Å². The average Bonchev–Trinajstić information content (AvgIpc) is 2.70. The van der Waals surface area contributed by atoms with Crippen LogP contribution < -0.4 is 10.3 Å². The lowest BCUT2D eigenvalue weighted by molar-refractivity contribution is 0.543. The van der Waals surface area contributed by atoms with Crippen LogP contribution in [0.1, 0.15) is 6.42 Å². The molecule has 1 aliphatic rings. The summed E-state index contributed by atoms with van der Waals surface area (Å²) >= 11 is 5.57. The summed E-state index contributed by atoms with van der Waals surface area (Å²) in [6, 6.07) is 1.05. The van der Waals surface area contributed by atoms with Crippen molar-refractivity contribution in [3.63, 3.8) is 0 Å². The zero-order chi connectivity index (χ0) is 15.0. The molecule has 2 N–H and O–H groups in total. The lowest BCUT2D eigenvalue weighted by Gasteiger charge is -2.10. The molecule has 0 spiro atoms. The van der Waals surface area contributed by atoms with E-state index in [0.29, 0.717) is 6.42 Å². The van der Waals surface area contributed by atoms with Gasteiger partial charge >= 0.3 is 0 Å². The molecule has 1 aromatic heterocycles. The van der Waals surface area contributed by atoms with Gasteiger partial charge in [0.25, 0.3) is 5.56 Å². The van der Waals surface area contributed by atoms with Gasteiger partial charge in [-0.3, -0.25) is 4.79 Å². The fourth-order valence-corrected chi connectivity index (χ4v) is 5.14. The standard InChI is InChI=1S/C10H13ClN2O5S2/c11-9-3-8(5-12-10(9)14)20(17,18)13-4-7-1-2-19(15,16)6-7/h3,5,7,13H,1-2,4,6H2,(H,12,14). The third kappa shape index (κ3) is 3.60. The number of H-pyrrole nitrogens is 1. The van der Waals surface area contributed by atoms with Crippen LogP contribution in [0.3, 0.4) is 0 Å². The Morgan fingerprint density at radius 3 is 2.70 bits per heavy atom. The predicted molar refractivity (Wildman–Crippen MR) is 74.0 cm³/mol. The Labute approximate surface area is 121 Å². The van der Waals surface area contributed by atoms with Crippen LogP contribution in [-0.2, 0) is 19.9 Å². The van der Waals surface area contributed by atoms with Crippen molar-refractivity contribution in [2.75, 3.05) is 18.1 Å². The summed E-state index contributed by atoms with van der Waals surface area (Å²) in [5.74, 6) is -0.154. The van der Waals surface area contributed by atoms with Crippen molar-refractivity contribution in [1.29, 1.82) is 0 Å². The van der Waals surface area contributed by atoms with Crippen molar-refractivity contribution in [3.8, 4) is 0 Å². The zero-order valence-corrected chi connectivity index (χ0v) is 12.7. The molecular weight excluding hydrogens is 328 g/mol. The van der Waals surface area contributed by atoms with Gasteiger partial charge in [0.15, 0.2) is 9.84 Å². The number of hydrogen-bond donors (Lipinski definition) is 2. The smallest absolute Gasteiger partial charge is 0.266 e. The first-order valence-corrected chi connectivity index (χ1v) is 9.46. The van der Waals surface area contributed by atoms with E-state index in [9.17, 15) is 21.6 Å². The van der Waals surface area contributed by atoms with Crippen molar-refractivity contribution in [1.82, 2.24) is 9.71 Å². The highest BCUT2D eigenvalue weighted by Crippen LogP contribution is 2.18. The number of rotatable bonds is 4. The molecule has 2 heterocycles. The van der Waals surface area contributed by atoms with E-state index >= 15 is 0 Å². The van der Waals surface area contributed by atoms with E-state index in [-0.39, 0.29) is 33.9 Å². The molecule has 1 saturated heterocycles. The Balaban J connectivity index is 2.08. The van der Waals surface area contributed by atoms with Crippen LogP contribution in [0.2, 0.25) is 5.02 Å². The third-order valence-electron chi connectivity index (χ3n) is 3.03. The minimum absolute atomic E-state index is 0.0120. The van der Waals surface area contributed by atoms with Gasteiger partial charge in [-0.25, -0.2) is 21.6 Å². The van der Waals surface area contributed by atoms with E-state index in [1.807, 2.05) is 0 Å². The van der Waals surface area contributed by atoms with Crippen LogP contribution in [0.25, 0.3) is 0 Å². The van der Waals surface area contributed by atoms with E-state index in [1.54, 1.807) is 0 Å². The van der Waals surface area contributed by atoms with Crippen LogP contribution in [0, 0.1) is 5.92 Å². The number of halogens is 1. The minimum Gasteiger partial charge on any atom is -0.326 e. The first-order chi connectivity index (χ1) is 9.20. The monoisotopic (exact) mass is 340 g/mol. The highest BCUT2D eigenvalue weighted by Gasteiger charge is 2.29. The lowest BCUT2D eigenvalue weighted by atomic mass is 10.1. The molecule has 2 rings (SSSR count). The molecule has 1 unspecified atom stereocenters. The SMILES string of the molecule is O=c1[nH]cc(S(=O)(=O)NCC2CCS(=O)(=O)C2)cc1Cl. The second kappa shape index (κ2) is 5.47. The molecule has 0 amide bonds. The second-order valence-corrected chi connectivity index (χ2v) is 9.04. The van der Waals surface area contributed by atoms with Gasteiger partial charge in [0.2, 0.25) is 10.0 Å². The van der Waals surface area contributed by atoms with E-state index in [1.165, 1.54) is 0 Å². The third-order valence-corrected chi connectivity index (χ3v) is 6.55. The molecule has 20 heavy (non-hydrogen) atoms. The molecule has 10 heteroatoms. The number of sulfone groups is 1. The number of nitrogens with one attached hydrogen (secondary N) is 2. The zero-order valence-electron chi connectivity index (χ0n) is 10.3. The summed E-state index contributed by atoms with van der Waals surface area (Å²) in [5, 5.41) is -0.226. The summed E-state index contributed by atoms with van der Waals surface area (Å²) in [5.41, 5.74) is -0.576. The molecular formula is C10H13ClN2O5S2. The van der Waals surface area contributed by atoms with Crippen molar-refractivity contribution >= 4 is 31.5 Å². The quantitative estimate of drug-likeness (QED) is 0.784. The molecule has 1 fully saturated rings. The Morgan fingerprint density at radius 2 is 2.15 bits per heavy atom. The minimum atomic E-state index is -3.82. The fraction of sp³-hybridized carbons (Fsp3) is 0.500. The van der Waals surface area contributed by atoms with Crippen LogP contribution in [0.5, 0.6) is 0 Å². The molecule has 1 atom stereocenters. The van der Waals surface area contributed by atoms with Crippen molar-refractivity contribution in [2.45, 2.75) is 11.3 Å². The number of aromatic nitrogens is 1. The van der Waals surface area contributed by atoms with Crippen LogP contribution in [0.15, 0.2) is 22.0 Å². The van der Waals surface area contributed by atoms with Gasteiger partial charge in [0.1, 0.15) is 5.02 Å². The summed E-state index contributed by atoms with van der Waals surface area (Å²) in [4.78, 5) is 13.1. The van der Waals surface area contributed by atoms with Crippen LogP contribution in [0.4, 0.5) is 0 Å². The van der Waals surface area contributed by atoms with Crippen LogP contribution in [-0.4, -0.2) is 39.9 Å². The summed E-state index contributed by atoms with van der Waals surface area (Å²) in [7, 11) is -6.87. The highest BCUT2D eigenvalue weighted by atomic mass is 35.5. The highest BCUT2D eigenvalue weighted by molar-refractivity contribution is 7.91. The van der Waals surface area contributed by atoms with E-state index < -0.39 is 25.4 Å². The summed E-state index contributed by atoms with van der Waals surface area (Å²) in [6.07, 6.45) is 1.49. The predicted octanol–water partition coefficient (Wildman–Crippen LogP) is -0.259. The second-order valence-electron chi connectivity index (χ2n) is 4.63. The summed E-state index contributed by atoms with van der Waals surface area (Å²) in [6.45, 7) is 0.0400. The molecule has 1 aromatic rings. The Kier molecular flexibility index (Phi) is 4.24. The van der Waals surface area contributed by atoms with Crippen LogP contribution >= 0.6 is 11.6 Å². The largest absolute Gasteiger partial charge is 0.326 e. The number of hydrogen-bond acceptors (Lipinski definition) is 5. The number of sulfonamides is 1. The maximum atomic E-state index is 12.0. The van der Waals surface area contributed by atoms with E-state index in [4.69, 9.17) is 11.6 Å². The lowest BCUT2D eigenvalue weighted by Crippen LogP contribution is -2.30. The van der Waals surface area contributed by atoms with Crippen molar-refractivity contribution < 1.29 is 16.8 Å². The molecule has 0 saturated carbocycles. The summed E-state index contributed by atoms with van der Waals surface area (Å²) < 4.78 is 48.8. The first-order valence-electron chi connectivity index (χ1n) is 5.78. The van der Waals surface area contributed by atoms with E-state index in [0.717, 1.165) is 12.3 Å². The molecule has 112 valence electrons. The Bertz CT molecular complexity index is 769. The molecule has 0 aliphatic carbocycles. The van der Waals surface area contributed by atoms with Gasteiger partial charge in [-0.15, -0.1) is 0 Å². The normalized spacial score (nSPS) is 21.9. The van der Waals surface area contributed by atoms with Gasteiger partial charge < -0.3 is 4.98 Å². The molecule has 0 bridgehead atoms. The average molecular weight is 341 g/mol. The number of aromatic amines is 1. The maximum Gasteiger partial charge on any atom is 0.266 e. The molecule has 1 aliphatic heterocycles. The Morgan fingerprint density at radius 1 is 1.45 bits per heavy atom. The van der Waals surface area contributed by atoms with Gasteiger partial charge in [0, 0.05) is 12.7 Å². The molecule has 7 nitrogen and oxygen atoms in total. The van der Waals surface area contributed by atoms with Gasteiger partial charge in [-0.2, -0.15) is 0 Å². The topological polar surface area (TPSA) is 113 Å². The van der Waals surface area contributed by atoms with E-state index in [2.05, 4.69) is 9.71 Å². The maximum absolute atomic E-state index is 12.0. The van der Waals surface area contributed by atoms with Gasteiger partial charge in [0.05, 0.1) is 16.4 Å². The first kappa shape index (κ1) is 15.5. The van der Waals surface area contributed by atoms with Crippen molar-refractivity contribution in [2.24, 2.45) is 5.92 Å².